The van der Waals surface area contributed by atoms with Gasteiger partial charge in [0.2, 0.25) is 0 Å². The van der Waals surface area contributed by atoms with Gasteiger partial charge in [0.25, 0.3) is 11.8 Å². The molecule has 2 N–H and O–H groups in total. The van der Waals surface area contributed by atoms with Gasteiger partial charge in [-0.3, -0.25) is 9.59 Å². The molecular formula is C24H24N2O3. The fourth-order valence-electron chi connectivity index (χ4n) is 3.59. The Kier molecular flexibility index (Phi) is 5.58. The molecule has 0 bridgehead atoms. The van der Waals surface area contributed by atoms with Crippen molar-refractivity contribution < 1.29 is 14.3 Å². The predicted octanol–water partition coefficient (Wildman–Crippen LogP) is 4.45. The van der Waals surface area contributed by atoms with E-state index < -0.39 is 6.10 Å². The molecule has 2 amide bonds. The lowest BCUT2D eigenvalue weighted by atomic mass is 10.0. The summed E-state index contributed by atoms with van der Waals surface area (Å²) in [5.74, 6) is -0.344. The van der Waals surface area contributed by atoms with Crippen molar-refractivity contribution in [2.75, 3.05) is 11.9 Å². The van der Waals surface area contributed by atoms with Gasteiger partial charge >= 0.3 is 0 Å². The number of hydrogen-bond donors (Lipinski definition) is 2. The third kappa shape index (κ3) is 4.46. The van der Waals surface area contributed by atoms with E-state index in [1.807, 2.05) is 25.1 Å². The fourth-order valence-corrected chi connectivity index (χ4v) is 3.59. The smallest absolute Gasteiger partial charge is 0.253 e. The van der Waals surface area contributed by atoms with Gasteiger partial charge in [-0.2, -0.15) is 0 Å². The van der Waals surface area contributed by atoms with E-state index in [2.05, 4.69) is 34.9 Å². The molecular weight excluding hydrogens is 364 g/mol. The molecule has 1 saturated heterocycles. The summed E-state index contributed by atoms with van der Waals surface area (Å²) in [4.78, 5) is 25.0. The fraction of sp³-hybridized carbons (Fsp3) is 0.250. The Hall–Kier alpha value is -3.18. The summed E-state index contributed by atoms with van der Waals surface area (Å²) < 4.78 is 5.41. The number of fused-ring (bicyclic) bond motifs is 1. The van der Waals surface area contributed by atoms with Crippen molar-refractivity contribution in [1.29, 1.82) is 0 Å². The van der Waals surface area contributed by atoms with Crippen LogP contribution in [0.4, 0.5) is 5.69 Å². The van der Waals surface area contributed by atoms with Crippen molar-refractivity contribution in [1.82, 2.24) is 5.32 Å². The van der Waals surface area contributed by atoms with Crippen LogP contribution in [0.15, 0.2) is 66.7 Å². The zero-order chi connectivity index (χ0) is 20.2. The first-order valence-electron chi connectivity index (χ1n) is 9.92. The van der Waals surface area contributed by atoms with Crippen LogP contribution < -0.4 is 10.6 Å². The molecule has 0 saturated carbocycles. The normalized spacial score (nSPS) is 17.1. The van der Waals surface area contributed by atoms with Crippen molar-refractivity contribution in [3.05, 3.63) is 77.9 Å². The maximum atomic E-state index is 12.7. The van der Waals surface area contributed by atoms with Crippen molar-refractivity contribution in [3.63, 3.8) is 0 Å². The molecule has 5 nitrogen and oxygen atoms in total. The first-order chi connectivity index (χ1) is 14.1. The van der Waals surface area contributed by atoms with Gasteiger partial charge in [-0.25, -0.2) is 0 Å². The average molecular weight is 388 g/mol. The van der Waals surface area contributed by atoms with Crippen LogP contribution in [0, 0.1) is 0 Å². The highest BCUT2D eigenvalue weighted by molar-refractivity contribution is 5.98. The molecule has 1 heterocycles. The zero-order valence-corrected chi connectivity index (χ0v) is 16.4. The van der Waals surface area contributed by atoms with Crippen LogP contribution in [0.2, 0.25) is 0 Å². The summed E-state index contributed by atoms with van der Waals surface area (Å²) in [5.41, 5.74) is 2.14. The van der Waals surface area contributed by atoms with Crippen LogP contribution >= 0.6 is 0 Å². The lowest BCUT2D eigenvalue weighted by Crippen LogP contribution is -2.28. The molecule has 4 rings (SSSR count). The minimum atomic E-state index is -0.402. The molecule has 0 aromatic heterocycles. The van der Waals surface area contributed by atoms with Gasteiger partial charge in [0.1, 0.15) is 6.10 Å². The number of ether oxygens (including phenoxy) is 1. The predicted molar refractivity (Wildman–Crippen MR) is 114 cm³/mol. The van der Waals surface area contributed by atoms with E-state index in [9.17, 15) is 9.59 Å². The first-order valence-corrected chi connectivity index (χ1v) is 9.92. The molecule has 0 spiro atoms. The highest BCUT2D eigenvalue weighted by Crippen LogP contribution is 2.21. The molecule has 3 aromatic rings. The Morgan fingerprint density at radius 3 is 2.62 bits per heavy atom. The Morgan fingerprint density at radius 1 is 1.00 bits per heavy atom. The van der Waals surface area contributed by atoms with Gasteiger partial charge in [0, 0.05) is 17.9 Å². The van der Waals surface area contributed by atoms with E-state index in [-0.39, 0.29) is 17.9 Å². The number of carbonyl (C=O) groups is 2. The summed E-state index contributed by atoms with van der Waals surface area (Å²) >= 11 is 0. The minimum Gasteiger partial charge on any atom is -0.368 e. The Balaban J connectivity index is 1.43. The molecule has 1 fully saturated rings. The molecule has 5 heteroatoms. The molecule has 2 unspecified atom stereocenters. The second kappa shape index (κ2) is 8.45. The Morgan fingerprint density at radius 2 is 1.83 bits per heavy atom. The standard InChI is InChI=1S/C24H24N2O3/c1-16(18-12-11-17-6-2-3-7-19(17)14-18)25-23(27)20-8-4-9-21(15-20)26-24(28)22-10-5-13-29-22/h2-4,6-9,11-12,14-16,22H,5,10,13H2,1H3,(H,25,27)(H,26,28). The monoisotopic (exact) mass is 388 g/mol. The minimum absolute atomic E-state index is 0.141. The van der Waals surface area contributed by atoms with Crippen LogP contribution in [0.25, 0.3) is 10.8 Å². The molecule has 3 aromatic carbocycles. The van der Waals surface area contributed by atoms with E-state index in [1.54, 1.807) is 24.3 Å². The number of rotatable bonds is 5. The number of hydrogen-bond acceptors (Lipinski definition) is 3. The van der Waals surface area contributed by atoms with Crippen LogP contribution in [-0.4, -0.2) is 24.5 Å². The maximum Gasteiger partial charge on any atom is 0.253 e. The van der Waals surface area contributed by atoms with E-state index in [1.165, 1.54) is 5.39 Å². The van der Waals surface area contributed by atoms with Gasteiger partial charge in [0.15, 0.2) is 0 Å². The summed E-state index contributed by atoms with van der Waals surface area (Å²) in [6, 6.07) is 21.2. The number of carbonyl (C=O) groups excluding carboxylic acids is 2. The van der Waals surface area contributed by atoms with E-state index in [0.29, 0.717) is 17.9 Å². The Labute approximate surface area is 170 Å². The van der Waals surface area contributed by atoms with E-state index in [0.717, 1.165) is 23.8 Å². The number of anilines is 1. The summed E-state index contributed by atoms with van der Waals surface area (Å²) in [6.45, 7) is 2.58. The van der Waals surface area contributed by atoms with Crippen LogP contribution in [0.5, 0.6) is 0 Å². The van der Waals surface area contributed by atoms with Crippen LogP contribution in [-0.2, 0) is 9.53 Å². The van der Waals surface area contributed by atoms with Crippen LogP contribution in [0.1, 0.15) is 41.7 Å². The highest BCUT2D eigenvalue weighted by Gasteiger charge is 2.23. The molecule has 148 valence electrons. The van der Waals surface area contributed by atoms with Gasteiger partial charge in [0.05, 0.1) is 6.04 Å². The second-order valence-corrected chi connectivity index (χ2v) is 7.37. The zero-order valence-electron chi connectivity index (χ0n) is 16.4. The quantitative estimate of drug-likeness (QED) is 0.679. The summed E-state index contributed by atoms with van der Waals surface area (Å²) in [7, 11) is 0. The largest absolute Gasteiger partial charge is 0.368 e. The number of nitrogens with one attached hydrogen (secondary N) is 2. The lowest BCUT2D eigenvalue weighted by molar-refractivity contribution is -0.124. The molecule has 1 aliphatic heterocycles. The van der Waals surface area contributed by atoms with Crippen molar-refractivity contribution in [2.45, 2.75) is 31.9 Å². The molecule has 0 radical (unpaired) electrons. The molecule has 29 heavy (non-hydrogen) atoms. The lowest BCUT2D eigenvalue weighted by Gasteiger charge is -2.16. The van der Waals surface area contributed by atoms with Crippen molar-refractivity contribution >= 4 is 28.3 Å². The SMILES string of the molecule is CC(NC(=O)c1cccc(NC(=O)C2CCCO2)c1)c1ccc2ccccc2c1. The second-order valence-electron chi connectivity index (χ2n) is 7.37. The van der Waals surface area contributed by atoms with Crippen molar-refractivity contribution in [3.8, 4) is 0 Å². The Bertz CT molecular complexity index is 1040. The highest BCUT2D eigenvalue weighted by atomic mass is 16.5. The third-order valence-corrected chi connectivity index (χ3v) is 5.24. The van der Waals surface area contributed by atoms with E-state index >= 15 is 0 Å². The van der Waals surface area contributed by atoms with Gasteiger partial charge in [-0.05, 0) is 60.4 Å². The van der Waals surface area contributed by atoms with Gasteiger partial charge in [-0.1, -0.05) is 42.5 Å². The maximum absolute atomic E-state index is 12.7. The molecule has 1 aliphatic rings. The molecule has 2 atom stereocenters. The summed E-state index contributed by atoms with van der Waals surface area (Å²) in [6.07, 6.45) is 1.23. The first kappa shape index (κ1) is 19.2. The topological polar surface area (TPSA) is 67.4 Å². The van der Waals surface area contributed by atoms with Crippen molar-refractivity contribution in [2.24, 2.45) is 0 Å². The average Bonchev–Trinajstić information content (AvgIpc) is 3.28. The third-order valence-electron chi connectivity index (χ3n) is 5.24. The van der Waals surface area contributed by atoms with E-state index in [4.69, 9.17) is 4.74 Å². The van der Waals surface area contributed by atoms with Crippen LogP contribution in [0.3, 0.4) is 0 Å². The summed E-state index contributed by atoms with van der Waals surface area (Å²) in [5, 5.41) is 8.19. The van der Waals surface area contributed by atoms with Gasteiger partial charge in [-0.15, -0.1) is 0 Å². The number of amides is 2. The molecule has 0 aliphatic carbocycles. The number of benzene rings is 3. The van der Waals surface area contributed by atoms with Gasteiger partial charge < -0.3 is 15.4 Å².